The van der Waals surface area contributed by atoms with E-state index in [0.29, 0.717) is 6.04 Å². The van der Waals surface area contributed by atoms with Crippen LogP contribution < -0.4 is 10.2 Å². The van der Waals surface area contributed by atoms with Crippen LogP contribution in [0.1, 0.15) is 26.0 Å². The second-order valence-corrected chi connectivity index (χ2v) is 4.49. The van der Waals surface area contributed by atoms with Crippen LogP contribution in [0, 0.1) is 0 Å². The molecule has 1 fully saturated rings. The van der Waals surface area contributed by atoms with Crippen molar-refractivity contribution in [2.24, 2.45) is 7.05 Å². The van der Waals surface area contributed by atoms with Crippen molar-refractivity contribution in [2.45, 2.75) is 32.7 Å². The maximum Gasteiger partial charge on any atom is 0.0855 e. The summed E-state index contributed by atoms with van der Waals surface area (Å²) in [6.07, 6.45) is 4.35. The van der Waals surface area contributed by atoms with Crippen LogP contribution in [0.5, 0.6) is 0 Å². The van der Waals surface area contributed by atoms with Gasteiger partial charge >= 0.3 is 0 Å². The molecule has 1 aliphatic heterocycles. The van der Waals surface area contributed by atoms with E-state index in [0.717, 1.165) is 26.1 Å². The van der Waals surface area contributed by atoms with Gasteiger partial charge in [0.15, 0.2) is 0 Å². The van der Waals surface area contributed by atoms with Crippen LogP contribution in [0.4, 0.5) is 5.69 Å². The first-order valence-electron chi connectivity index (χ1n) is 6.25. The van der Waals surface area contributed by atoms with Crippen molar-refractivity contribution in [1.29, 1.82) is 0 Å². The zero-order chi connectivity index (χ0) is 11.5. The third-order valence-corrected chi connectivity index (χ3v) is 3.31. The lowest BCUT2D eigenvalue weighted by Crippen LogP contribution is -2.50. The number of hydrogen-bond acceptors (Lipinski definition) is 3. The largest absolute Gasteiger partial charge is 0.366 e. The summed E-state index contributed by atoms with van der Waals surface area (Å²) in [5.74, 6) is 0. The predicted octanol–water partition coefficient (Wildman–Crippen LogP) is 1.17. The highest BCUT2D eigenvalue weighted by Crippen LogP contribution is 2.21. The first-order valence-corrected chi connectivity index (χ1v) is 6.25. The minimum atomic E-state index is 0.624. The van der Waals surface area contributed by atoms with E-state index in [1.54, 1.807) is 0 Å². The molecule has 2 heterocycles. The zero-order valence-electron chi connectivity index (χ0n) is 10.5. The third-order valence-electron chi connectivity index (χ3n) is 3.31. The molecule has 1 aromatic rings. The maximum absolute atomic E-state index is 4.51. The normalized spacial score (nSPS) is 21.4. The first-order chi connectivity index (χ1) is 7.74. The molecule has 1 aliphatic rings. The van der Waals surface area contributed by atoms with Crippen molar-refractivity contribution in [3.05, 3.63) is 11.9 Å². The van der Waals surface area contributed by atoms with Gasteiger partial charge in [0.25, 0.3) is 0 Å². The van der Waals surface area contributed by atoms with Crippen LogP contribution in [0.3, 0.4) is 0 Å². The van der Waals surface area contributed by atoms with Gasteiger partial charge in [-0.3, -0.25) is 4.68 Å². The molecular formula is C12H22N4. The van der Waals surface area contributed by atoms with Crippen molar-refractivity contribution in [3.8, 4) is 0 Å². The number of rotatable bonds is 3. The van der Waals surface area contributed by atoms with Crippen molar-refractivity contribution in [3.63, 3.8) is 0 Å². The lowest BCUT2D eigenvalue weighted by molar-refractivity contribution is 0.446. The van der Waals surface area contributed by atoms with Gasteiger partial charge in [0.2, 0.25) is 0 Å². The van der Waals surface area contributed by atoms with Crippen LogP contribution in [0.2, 0.25) is 0 Å². The lowest BCUT2D eigenvalue weighted by Gasteiger charge is -2.34. The Bertz CT molecular complexity index is 345. The van der Waals surface area contributed by atoms with Gasteiger partial charge in [0, 0.05) is 38.9 Å². The molecule has 1 atom stereocenters. The van der Waals surface area contributed by atoms with Crippen molar-refractivity contribution >= 4 is 5.69 Å². The van der Waals surface area contributed by atoms with Crippen molar-refractivity contribution in [1.82, 2.24) is 15.1 Å². The van der Waals surface area contributed by atoms with E-state index < -0.39 is 0 Å². The number of nitrogens with zero attached hydrogens (tertiary/aromatic N) is 3. The quantitative estimate of drug-likeness (QED) is 0.833. The van der Waals surface area contributed by atoms with E-state index in [1.165, 1.54) is 17.8 Å². The highest BCUT2D eigenvalue weighted by Gasteiger charge is 2.21. The van der Waals surface area contributed by atoms with Crippen LogP contribution in [0.25, 0.3) is 0 Å². The van der Waals surface area contributed by atoms with E-state index >= 15 is 0 Å². The second-order valence-electron chi connectivity index (χ2n) is 4.49. The molecular weight excluding hydrogens is 200 g/mol. The summed E-state index contributed by atoms with van der Waals surface area (Å²) in [6.45, 7) is 7.69. The van der Waals surface area contributed by atoms with E-state index in [9.17, 15) is 0 Å². The Labute approximate surface area is 97.6 Å². The number of hydrogen-bond donors (Lipinski definition) is 1. The summed E-state index contributed by atoms with van der Waals surface area (Å²) >= 11 is 0. The molecule has 1 unspecified atom stereocenters. The molecule has 1 aromatic heterocycles. The number of aryl methyl sites for hydroxylation is 2. The Morgan fingerprint density at radius 2 is 2.31 bits per heavy atom. The van der Waals surface area contributed by atoms with Crippen molar-refractivity contribution < 1.29 is 0 Å². The molecule has 4 heteroatoms. The SMILES string of the molecule is CCc1nn(C)cc1N1CCNC(CC)C1. The molecule has 2 rings (SSSR count). The molecule has 90 valence electrons. The van der Waals surface area contributed by atoms with Crippen LogP contribution in [0.15, 0.2) is 6.20 Å². The fraction of sp³-hybridized carbons (Fsp3) is 0.750. The Balaban J connectivity index is 2.15. The number of anilines is 1. The second kappa shape index (κ2) is 4.87. The van der Waals surface area contributed by atoms with Gasteiger partial charge in [-0.25, -0.2) is 0 Å². The average Bonchev–Trinajstić information content (AvgIpc) is 2.70. The van der Waals surface area contributed by atoms with E-state index in [1.807, 2.05) is 11.7 Å². The Hall–Kier alpha value is -1.03. The average molecular weight is 222 g/mol. The van der Waals surface area contributed by atoms with E-state index in [4.69, 9.17) is 0 Å². The lowest BCUT2D eigenvalue weighted by atomic mass is 10.1. The fourth-order valence-corrected chi connectivity index (χ4v) is 2.36. The first kappa shape index (κ1) is 11.5. The zero-order valence-corrected chi connectivity index (χ0v) is 10.5. The van der Waals surface area contributed by atoms with Gasteiger partial charge in [-0.1, -0.05) is 13.8 Å². The smallest absolute Gasteiger partial charge is 0.0855 e. The summed E-state index contributed by atoms with van der Waals surface area (Å²) in [5.41, 5.74) is 2.55. The van der Waals surface area contributed by atoms with E-state index in [-0.39, 0.29) is 0 Å². The van der Waals surface area contributed by atoms with Gasteiger partial charge in [-0.2, -0.15) is 5.10 Å². The molecule has 0 amide bonds. The molecule has 0 bridgehead atoms. The fourth-order valence-electron chi connectivity index (χ4n) is 2.36. The van der Waals surface area contributed by atoms with Crippen LogP contribution in [-0.4, -0.2) is 35.5 Å². The molecule has 0 spiro atoms. The Kier molecular flexibility index (Phi) is 3.49. The molecule has 0 aromatic carbocycles. The molecule has 0 radical (unpaired) electrons. The minimum Gasteiger partial charge on any atom is -0.366 e. The third kappa shape index (κ3) is 2.21. The molecule has 4 nitrogen and oxygen atoms in total. The molecule has 16 heavy (non-hydrogen) atoms. The monoisotopic (exact) mass is 222 g/mol. The molecule has 0 aliphatic carbocycles. The number of nitrogens with one attached hydrogen (secondary N) is 1. The maximum atomic E-state index is 4.51. The predicted molar refractivity (Wildman–Crippen MR) is 66.9 cm³/mol. The highest BCUT2D eigenvalue weighted by molar-refractivity contribution is 5.50. The van der Waals surface area contributed by atoms with Gasteiger partial charge < -0.3 is 10.2 Å². The topological polar surface area (TPSA) is 33.1 Å². The van der Waals surface area contributed by atoms with Gasteiger partial charge in [-0.05, 0) is 12.8 Å². The number of aromatic nitrogens is 2. The van der Waals surface area contributed by atoms with Crippen LogP contribution in [-0.2, 0) is 13.5 Å². The van der Waals surface area contributed by atoms with Gasteiger partial charge in [0.05, 0.1) is 11.4 Å². The Morgan fingerprint density at radius 1 is 1.50 bits per heavy atom. The van der Waals surface area contributed by atoms with E-state index in [2.05, 4.69) is 35.4 Å². The molecule has 0 saturated carbocycles. The standard InChI is InChI=1S/C12H22N4/c1-4-10-8-16(7-6-13-10)12-9-15(3)14-11(12)5-2/h9-10,13H,4-8H2,1-3H3. The summed E-state index contributed by atoms with van der Waals surface area (Å²) in [4.78, 5) is 2.47. The Morgan fingerprint density at radius 3 is 3.00 bits per heavy atom. The van der Waals surface area contributed by atoms with Crippen LogP contribution >= 0.6 is 0 Å². The van der Waals surface area contributed by atoms with Gasteiger partial charge in [0.1, 0.15) is 0 Å². The molecule has 1 N–H and O–H groups in total. The summed E-state index contributed by atoms with van der Waals surface area (Å²) in [6, 6.07) is 0.624. The molecule has 1 saturated heterocycles. The van der Waals surface area contributed by atoms with Gasteiger partial charge in [-0.15, -0.1) is 0 Å². The minimum absolute atomic E-state index is 0.624. The number of piperazine rings is 1. The van der Waals surface area contributed by atoms with Crippen molar-refractivity contribution in [2.75, 3.05) is 24.5 Å². The summed E-state index contributed by atoms with van der Waals surface area (Å²) in [7, 11) is 2.00. The summed E-state index contributed by atoms with van der Waals surface area (Å²) in [5, 5.41) is 8.05. The summed E-state index contributed by atoms with van der Waals surface area (Å²) < 4.78 is 1.93. The highest BCUT2D eigenvalue weighted by atomic mass is 15.3.